The molecule has 1 heterocycles. The van der Waals surface area contributed by atoms with Crippen molar-refractivity contribution in [3.63, 3.8) is 0 Å². The van der Waals surface area contributed by atoms with Crippen LogP contribution in [-0.4, -0.2) is 11.6 Å². The first kappa shape index (κ1) is 14.5. The van der Waals surface area contributed by atoms with E-state index in [0.717, 1.165) is 11.3 Å². The molecule has 0 unspecified atom stereocenters. The number of nitrogens with one attached hydrogen (secondary N) is 1. The molecule has 1 aromatic heterocycles. The van der Waals surface area contributed by atoms with E-state index in [2.05, 4.69) is 26.5 Å². The van der Waals surface area contributed by atoms with Crippen molar-refractivity contribution in [1.29, 1.82) is 0 Å². The molecule has 1 aromatic carbocycles. The summed E-state index contributed by atoms with van der Waals surface area (Å²) < 4.78 is 5.69. The maximum atomic E-state index is 11.9. The molecule has 1 amide bonds. The summed E-state index contributed by atoms with van der Waals surface area (Å²) in [5.41, 5.74) is 4.34. The Labute approximate surface area is 126 Å². The zero-order valence-corrected chi connectivity index (χ0v) is 12.8. The van der Waals surface area contributed by atoms with Crippen LogP contribution in [0.15, 0.2) is 56.7 Å². The number of nitrogens with zero attached hydrogens (tertiary/aromatic N) is 1. The van der Waals surface area contributed by atoms with Gasteiger partial charge in [0.15, 0.2) is 10.4 Å². The van der Waals surface area contributed by atoms with E-state index in [1.807, 2.05) is 44.2 Å². The van der Waals surface area contributed by atoms with Crippen LogP contribution in [0, 0.1) is 5.92 Å². The third kappa shape index (κ3) is 3.57. The van der Waals surface area contributed by atoms with Crippen molar-refractivity contribution in [2.24, 2.45) is 11.0 Å². The van der Waals surface area contributed by atoms with Crippen LogP contribution in [0.3, 0.4) is 0 Å². The minimum atomic E-state index is -0.371. The van der Waals surface area contributed by atoms with Gasteiger partial charge >= 0.3 is 5.91 Å². The van der Waals surface area contributed by atoms with E-state index in [9.17, 15) is 4.79 Å². The van der Waals surface area contributed by atoms with E-state index in [4.69, 9.17) is 4.42 Å². The number of carbonyl (C=O) groups is 1. The van der Waals surface area contributed by atoms with E-state index in [-0.39, 0.29) is 17.6 Å². The quantitative estimate of drug-likeness (QED) is 0.682. The predicted octanol–water partition coefficient (Wildman–Crippen LogP) is 3.83. The summed E-state index contributed by atoms with van der Waals surface area (Å²) in [4.78, 5) is 11.9. The number of furan rings is 1. The fourth-order valence-corrected chi connectivity index (χ4v) is 2.04. The molecule has 0 atom stereocenters. The van der Waals surface area contributed by atoms with Gasteiger partial charge in [-0.05, 0) is 39.5 Å². The van der Waals surface area contributed by atoms with Gasteiger partial charge in [0.05, 0.1) is 5.71 Å². The topological polar surface area (TPSA) is 54.6 Å². The number of hydrogen-bond donors (Lipinski definition) is 1. The van der Waals surface area contributed by atoms with E-state index >= 15 is 0 Å². The van der Waals surface area contributed by atoms with Crippen molar-refractivity contribution in [3.05, 3.63) is 58.5 Å². The standard InChI is InChI=1S/C15H15BrN2O2/c1-10(2)14(11-6-4-3-5-7-11)17-18-15(19)12-8-9-13(16)20-12/h3-10H,1-2H3,(H,18,19)/b17-14-. The maximum absolute atomic E-state index is 11.9. The molecule has 20 heavy (non-hydrogen) atoms. The molecular formula is C15H15BrN2O2. The Morgan fingerprint density at radius 1 is 1.20 bits per heavy atom. The molecule has 0 aliphatic carbocycles. The summed E-state index contributed by atoms with van der Waals surface area (Å²) in [6, 6.07) is 13.0. The smallest absolute Gasteiger partial charge is 0.307 e. The summed E-state index contributed by atoms with van der Waals surface area (Å²) in [7, 11) is 0. The number of hydrazone groups is 1. The monoisotopic (exact) mass is 334 g/mol. The largest absolute Gasteiger partial charge is 0.444 e. The molecule has 0 saturated heterocycles. The van der Waals surface area contributed by atoms with Gasteiger partial charge in [0, 0.05) is 0 Å². The normalized spacial score (nSPS) is 11.7. The summed E-state index contributed by atoms with van der Waals surface area (Å²) >= 11 is 3.16. The van der Waals surface area contributed by atoms with Crippen molar-refractivity contribution in [2.75, 3.05) is 0 Å². The minimum Gasteiger partial charge on any atom is -0.444 e. The van der Waals surface area contributed by atoms with Crippen LogP contribution in [0.5, 0.6) is 0 Å². The van der Waals surface area contributed by atoms with Crippen LogP contribution < -0.4 is 5.43 Å². The minimum absolute atomic E-state index is 0.195. The molecule has 0 bridgehead atoms. The van der Waals surface area contributed by atoms with Crippen LogP contribution in [0.4, 0.5) is 0 Å². The third-order valence-electron chi connectivity index (χ3n) is 2.69. The first-order valence-electron chi connectivity index (χ1n) is 6.26. The van der Waals surface area contributed by atoms with Gasteiger partial charge in [0.1, 0.15) is 0 Å². The summed E-state index contributed by atoms with van der Waals surface area (Å²) in [6.07, 6.45) is 0. The second-order valence-electron chi connectivity index (χ2n) is 4.56. The van der Waals surface area contributed by atoms with Crippen LogP contribution in [0.2, 0.25) is 0 Å². The number of benzene rings is 1. The molecule has 1 N–H and O–H groups in total. The Morgan fingerprint density at radius 2 is 1.90 bits per heavy atom. The van der Waals surface area contributed by atoms with Crippen molar-refractivity contribution < 1.29 is 9.21 Å². The van der Waals surface area contributed by atoms with Gasteiger partial charge in [-0.2, -0.15) is 5.10 Å². The Morgan fingerprint density at radius 3 is 2.45 bits per heavy atom. The molecule has 2 rings (SSSR count). The molecule has 0 aliphatic rings. The van der Waals surface area contributed by atoms with Crippen LogP contribution in [0.25, 0.3) is 0 Å². The second-order valence-corrected chi connectivity index (χ2v) is 5.34. The van der Waals surface area contributed by atoms with Crippen molar-refractivity contribution in [1.82, 2.24) is 5.43 Å². The average molecular weight is 335 g/mol. The highest BCUT2D eigenvalue weighted by Crippen LogP contribution is 2.14. The fourth-order valence-electron chi connectivity index (χ4n) is 1.74. The Kier molecular flexibility index (Phi) is 4.74. The Hall–Kier alpha value is -1.88. The number of amides is 1. The second kappa shape index (κ2) is 6.52. The fraction of sp³-hybridized carbons (Fsp3) is 0.200. The van der Waals surface area contributed by atoms with Crippen LogP contribution in [0.1, 0.15) is 30.0 Å². The maximum Gasteiger partial charge on any atom is 0.307 e. The van der Waals surface area contributed by atoms with E-state index in [0.29, 0.717) is 4.67 Å². The first-order chi connectivity index (χ1) is 9.58. The summed E-state index contributed by atoms with van der Waals surface area (Å²) in [5, 5.41) is 4.22. The molecule has 5 heteroatoms. The van der Waals surface area contributed by atoms with Crippen LogP contribution in [-0.2, 0) is 0 Å². The molecule has 0 spiro atoms. The lowest BCUT2D eigenvalue weighted by molar-refractivity contribution is 0.0926. The number of carbonyl (C=O) groups excluding carboxylic acids is 1. The first-order valence-corrected chi connectivity index (χ1v) is 7.06. The van der Waals surface area contributed by atoms with Gasteiger partial charge in [-0.25, -0.2) is 5.43 Å². The molecular weight excluding hydrogens is 320 g/mol. The van der Waals surface area contributed by atoms with Gasteiger partial charge < -0.3 is 4.42 Å². The Balaban J connectivity index is 2.17. The molecule has 0 aliphatic heterocycles. The highest BCUT2D eigenvalue weighted by atomic mass is 79.9. The van der Waals surface area contributed by atoms with Gasteiger partial charge in [-0.15, -0.1) is 0 Å². The highest BCUT2D eigenvalue weighted by Gasteiger charge is 2.12. The molecule has 0 saturated carbocycles. The van der Waals surface area contributed by atoms with E-state index in [1.54, 1.807) is 12.1 Å². The average Bonchev–Trinajstić information content (AvgIpc) is 2.86. The number of rotatable bonds is 4. The molecule has 2 aromatic rings. The molecule has 4 nitrogen and oxygen atoms in total. The lowest BCUT2D eigenvalue weighted by Crippen LogP contribution is -2.21. The van der Waals surface area contributed by atoms with Crippen molar-refractivity contribution >= 4 is 27.5 Å². The van der Waals surface area contributed by atoms with E-state index in [1.165, 1.54) is 0 Å². The van der Waals surface area contributed by atoms with Gasteiger partial charge in [0.25, 0.3) is 0 Å². The summed E-state index contributed by atoms with van der Waals surface area (Å²) in [6.45, 7) is 4.06. The lowest BCUT2D eigenvalue weighted by atomic mass is 10.0. The number of hydrogen-bond acceptors (Lipinski definition) is 3. The van der Waals surface area contributed by atoms with Gasteiger partial charge in [-0.3, -0.25) is 4.79 Å². The van der Waals surface area contributed by atoms with E-state index < -0.39 is 0 Å². The predicted molar refractivity (Wildman–Crippen MR) is 81.7 cm³/mol. The third-order valence-corrected chi connectivity index (χ3v) is 3.12. The zero-order chi connectivity index (χ0) is 14.5. The molecule has 0 radical (unpaired) electrons. The lowest BCUT2D eigenvalue weighted by Gasteiger charge is -2.10. The Bertz CT molecular complexity index is 618. The zero-order valence-electron chi connectivity index (χ0n) is 11.3. The molecule has 104 valence electrons. The number of halogens is 1. The van der Waals surface area contributed by atoms with Crippen molar-refractivity contribution in [3.8, 4) is 0 Å². The van der Waals surface area contributed by atoms with Crippen LogP contribution >= 0.6 is 15.9 Å². The summed E-state index contributed by atoms with van der Waals surface area (Å²) in [5.74, 6) is 0.0441. The SMILES string of the molecule is CC(C)/C(=N/NC(=O)c1ccc(Br)o1)c1ccccc1. The van der Waals surface area contributed by atoms with Gasteiger partial charge in [-0.1, -0.05) is 44.2 Å². The van der Waals surface area contributed by atoms with Gasteiger partial charge in [0.2, 0.25) is 0 Å². The highest BCUT2D eigenvalue weighted by molar-refractivity contribution is 9.10. The van der Waals surface area contributed by atoms with Crippen molar-refractivity contribution in [2.45, 2.75) is 13.8 Å². The molecule has 0 fully saturated rings.